The number of rotatable bonds is 4. The van der Waals surface area contributed by atoms with Crippen molar-refractivity contribution >= 4 is 5.96 Å². The molecule has 0 aliphatic carbocycles. The summed E-state index contributed by atoms with van der Waals surface area (Å²) in [6, 6.07) is 13.0. The van der Waals surface area contributed by atoms with Crippen molar-refractivity contribution < 1.29 is 4.39 Å². The molecule has 110 valence electrons. The second kappa shape index (κ2) is 7.38. The lowest BCUT2D eigenvalue weighted by Crippen LogP contribution is -2.36. The molecule has 0 radical (unpaired) electrons. The van der Waals surface area contributed by atoms with E-state index in [9.17, 15) is 4.39 Å². The number of nitrogens with one attached hydrogen (secondary N) is 1. The molecule has 0 unspecified atom stereocenters. The maximum atomic E-state index is 13.5. The normalized spacial score (nSPS) is 11.3. The number of hydrogen-bond donors (Lipinski definition) is 1. The van der Waals surface area contributed by atoms with E-state index in [-0.39, 0.29) is 5.82 Å². The number of halogens is 1. The highest BCUT2D eigenvalue weighted by molar-refractivity contribution is 5.79. The first-order valence-electron chi connectivity index (χ1n) is 6.76. The zero-order valence-electron chi connectivity index (χ0n) is 12.3. The summed E-state index contributed by atoms with van der Waals surface area (Å²) in [5, 5.41) is 3.12. The van der Waals surface area contributed by atoms with Crippen LogP contribution in [0.15, 0.2) is 53.7 Å². The van der Waals surface area contributed by atoms with Crippen LogP contribution in [0, 0.1) is 5.82 Å². The number of benzene rings is 1. The van der Waals surface area contributed by atoms with E-state index in [0.29, 0.717) is 24.7 Å². The fourth-order valence-electron chi connectivity index (χ4n) is 1.82. The third-order valence-corrected chi connectivity index (χ3v) is 2.93. The maximum Gasteiger partial charge on any atom is 0.194 e. The van der Waals surface area contributed by atoms with Gasteiger partial charge in [0.15, 0.2) is 5.96 Å². The molecular weight excluding hydrogens is 267 g/mol. The minimum Gasteiger partial charge on any atom is -0.350 e. The van der Waals surface area contributed by atoms with Gasteiger partial charge in [-0.05, 0) is 17.7 Å². The SMILES string of the molecule is CN(C)C(=NCc1ccccc1)NCc1ncccc1F. The third-order valence-electron chi connectivity index (χ3n) is 2.93. The van der Waals surface area contributed by atoms with E-state index in [4.69, 9.17) is 0 Å². The second-order valence-corrected chi connectivity index (χ2v) is 4.81. The van der Waals surface area contributed by atoms with Gasteiger partial charge in [-0.15, -0.1) is 0 Å². The van der Waals surface area contributed by atoms with Gasteiger partial charge in [-0.25, -0.2) is 9.38 Å². The highest BCUT2D eigenvalue weighted by Gasteiger charge is 2.05. The average molecular weight is 286 g/mol. The molecule has 4 nitrogen and oxygen atoms in total. The molecule has 1 N–H and O–H groups in total. The fourth-order valence-corrected chi connectivity index (χ4v) is 1.82. The van der Waals surface area contributed by atoms with E-state index in [1.54, 1.807) is 12.3 Å². The first-order valence-corrected chi connectivity index (χ1v) is 6.76. The third kappa shape index (κ3) is 4.56. The van der Waals surface area contributed by atoms with Crippen LogP contribution in [0.4, 0.5) is 4.39 Å². The lowest BCUT2D eigenvalue weighted by atomic mass is 10.2. The van der Waals surface area contributed by atoms with Crippen LogP contribution >= 0.6 is 0 Å². The largest absolute Gasteiger partial charge is 0.350 e. The Hall–Kier alpha value is -2.43. The molecule has 0 spiro atoms. The van der Waals surface area contributed by atoms with Crippen LogP contribution in [0.25, 0.3) is 0 Å². The summed E-state index contributed by atoms with van der Waals surface area (Å²) in [6.07, 6.45) is 1.58. The number of aromatic nitrogens is 1. The van der Waals surface area contributed by atoms with Gasteiger partial charge >= 0.3 is 0 Å². The van der Waals surface area contributed by atoms with E-state index in [2.05, 4.69) is 15.3 Å². The van der Waals surface area contributed by atoms with Gasteiger partial charge < -0.3 is 10.2 Å². The quantitative estimate of drug-likeness (QED) is 0.693. The number of guanidine groups is 1. The summed E-state index contributed by atoms with van der Waals surface area (Å²) in [6.45, 7) is 0.879. The van der Waals surface area contributed by atoms with Crippen molar-refractivity contribution in [1.29, 1.82) is 0 Å². The molecule has 0 atom stereocenters. The first-order chi connectivity index (χ1) is 10.2. The van der Waals surface area contributed by atoms with Gasteiger partial charge in [0.1, 0.15) is 5.82 Å². The minimum atomic E-state index is -0.314. The standard InChI is InChI=1S/C16H19FN4/c1-21(2)16(19-11-13-7-4-3-5-8-13)20-12-15-14(17)9-6-10-18-15/h3-10H,11-12H2,1-2H3,(H,19,20). The van der Waals surface area contributed by atoms with Crippen molar-refractivity contribution in [1.82, 2.24) is 15.2 Å². The monoisotopic (exact) mass is 286 g/mol. The first kappa shape index (κ1) is 15.0. The number of pyridine rings is 1. The lowest BCUT2D eigenvalue weighted by Gasteiger charge is -2.17. The Morgan fingerprint density at radius 1 is 1.19 bits per heavy atom. The van der Waals surface area contributed by atoms with Crippen LogP contribution in [0.1, 0.15) is 11.3 Å². The molecule has 1 heterocycles. The molecule has 0 aliphatic heterocycles. The number of aliphatic imine (C=N–C) groups is 1. The summed E-state index contributed by atoms with van der Waals surface area (Å²) in [7, 11) is 3.79. The molecule has 21 heavy (non-hydrogen) atoms. The average Bonchev–Trinajstić information content (AvgIpc) is 2.49. The van der Waals surface area contributed by atoms with Crippen LogP contribution in [0.5, 0.6) is 0 Å². The van der Waals surface area contributed by atoms with E-state index in [0.717, 1.165) is 5.56 Å². The van der Waals surface area contributed by atoms with Gasteiger partial charge in [0.2, 0.25) is 0 Å². The van der Waals surface area contributed by atoms with Crippen molar-refractivity contribution in [2.75, 3.05) is 14.1 Å². The Balaban J connectivity index is 2.01. The van der Waals surface area contributed by atoms with Crippen LogP contribution in [-0.2, 0) is 13.1 Å². The molecule has 0 saturated carbocycles. The predicted octanol–water partition coefficient (Wildman–Crippen LogP) is 2.43. The number of nitrogens with zero attached hydrogens (tertiary/aromatic N) is 3. The Morgan fingerprint density at radius 3 is 2.62 bits per heavy atom. The molecule has 0 fully saturated rings. The number of hydrogen-bond acceptors (Lipinski definition) is 2. The molecule has 0 bridgehead atoms. The van der Waals surface area contributed by atoms with Gasteiger partial charge in [-0.1, -0.05) is 30.3 Å². The summed E-state index contributed by atoms with van der Waals surface area (Å²) < 4.78 is 13.5. The molecule has 5 heteroatoms. The Kier molecular flexibility index (Phi) is 5.26. The van der Waals surface area contributed by atoms with E-state index >= 15 is 0 Å². The molecule has 2 aromatic rings. The van der Waals surface area contributed by atoms with Gasteiger partial charge in [-0.3, -0.25) is 4.98 Å². The minimum absolute atomic E-state index is 0.304. The fraction of sp³-hybridized carbons (Fsp3) is 0.250. The summed E-state index contributed by atoms with van der Waals surface area (Å²) in [5.74, 6) is 0.384. The summed E-state index contributed by atoms with van der Waals surface area (Å²) in [5.41, 5.74) is 1.51. The molecule has 1 aromatic heterocycles. The molecular formula is C16H19FN4. The van der Waals surface area contributed by atoms with Crippen molar-refractivity contribution in [3.05, 3.63) is 65.7 Å². The van der Waals surface area contributed by atoms with E-state index in [1.165, 1.54) is 6.07 Å². The molecule has 0 aliphatic rings. The molecule has 1 aromatic carbocycles. The molecule has 0 saturated heterocycles. The van der Waals surface area contributed by atoms with Crippen molar-refractivity contribution in [2.24, 2.45) is 4.99 Å². The highest BCUT2D eigenvalue weighted by Crippen LogP contribution is 2.03. The zero-order chi connectivity index (χ0) is 15.1. The van der Waals surface area contributed by atoms with Gasteiger partial charge in [0.25, 0.3) is 0 Å². The van der Waals surface area contributed by atoms with Gasteiger partial charge in [0, 0.05) is 20.3 Å². The zero-order valence-corrected chi connectivity index (χ0v) is 12.3. The van der Waals surface area contributed by atoms with Crippen LogP contribution in [0.3, 0.4) is 0 Å². The van der Waals surface area contributed by atoms with Crippen LogP contribution < -0.4 is 5.32 Å². The summed E-state index contributed by atoms with van der Waals surface area (Å²) >= 11 is 0. The molecule has 0 amide bonds. The Morgan fingerprint density at radius 2 is 1.95 bits per heavy atom. The predicted molar refractivity (Wildman–Crippen MR) is 82.3 cm³/mol. The smallest absolute Gasteiger partial charge is 0.194 e. The van der Waals surface area contributed by atoms with Crippen LogP contribution in [-0.4, -0.2) is 29.9 Å². The van der Waals surface area contributed by atoms with Crippen molar-refractivity contribution in [2.45, 2.75) is 13.1 Å². The second-order valence-electron chi connectivity index (χ2n) is 4.81. The summed E-state index contributed by atoms with van der Waals surface area (Å²) in [4.78, 5) is 10.4. The lowest BCUT2D eigenvalue weighted by molar-refractivity contribution is 0.561. The van der Waals surface area contributed by atoms with Gasteiger partial charge in [0.05, 0.1) is 18.8 Å². The van der Waals surface area contributed by atoms with Gasteiger partial charge in [-0.2, -0.15) is 0 Å². The van der Waals surface area contributed by atoms with Crippen molar-refractivity contribution in [3.8, 4) is 0 Å². The van der Waals surface area contributed by atoms with E-state index < -0.39 is 0 Å². The van der Waals surface area contributed by atoms with Crippen LogP contribution in [0.2, 0.25) is 0 Å². The Bertz CT molecular complexity index is 596. The highest BCUT2D eigenvalue weighted by atomic mass is 19.1. The van der Waals surface area contributed by atoms with Crippen molar-refractivity contribution in [3.63, 3.8) is 0 Å². The Labute approximate surface area is 124 Å². The topological polar surface area (TPSA) is 40.5 Å². The molecule has 2 rings (SSSR count). The maximum absolute atomic E-state index is 13.5. The van der Waals surface area contributed by atoms with E-state index in [1.807, 2.05) is 49.3 Å².